The molecule has 6 nitrogen and oxygen atoms in total. The molecule has 1 N–H and O–H groups in total. The summed E-state index contributed by atoms with van der Waals surface area (Å²) in [5.74, 6) is 0.324. The van der Waals surface area contributed by atoms with Crippen LogP contribution in [0.25, 0.3) is 0 Å². The molecule has 172 valence electrons. The normalized spacial score (nSPS) is 14.8. The number of alkyl halides is 3. The fourth-order valence-electron chi connectivity index (χ4n) is 3.42. The van der Waals surface area contributed by atoms with Crippen LogP contribution in [0.5, 0.6) is 5.75 Å². The van der Waals surface area contributed by atoms with Crippen LogP contribution in [-0.4, -0.2) is 67.5 Å². The van der Waals surface area contributed by atoms with Crippen LogP contribution >= 0.6 is 0 Å². The summed E-state index contributed by atoms with van der Waals surface area (Å²) in [7, 11) is 0. The van der Waals surface area contributed by atoms with Gasteiger partial charge in [0.1, 0.15) is 12.4 Å². The molecule has 2 amide bonds. The lowest BCUT2D eigenvalue weighted by Crippen LogP contribution is -2.51. The van der Waals surface area contributed by atoms with Gasteiger partial charge in [-0.25, -0.2) is 0 Å². The molecule has 0 saturated carbocycles. The number of piperazine rings is 1. The van der Waals surface area contributed by atoms with Gasteiger partial charge in [-0.05, 0) is 48.9 Å². The van der Waals surface area contributed by atoms with Gasteiger partial charge in [-0.2, -0.15) is 13.2 Å². The second-order valence-corrected chi connectivity index (χ2v) is 7.66. The smallest absolute Gasteiger partial charge is 0.416 e. The second-order valence-electron chi connectivity index (χ2n) is 7.66. The van der Waals surface area contributed by atoms with Crippen LogP contribution in [0.3, 0.4) is 0 Å². The summed E-state index contributed by atoms with van der Waals surface area (Å²) in [5.41, 5.74) is 0.537. The zero-order valence-electron chi connectivity index (χ0n) is 17.8. The maximum absolute atomic E-state index is 12.7. The Morgan fingerprint density at radius 3 is 2.34 bits per heavy atom. The third kappa shape index (κ3) is 6.71. The van der Waals surface area contributed by atoms with E-state index in [1.54, 1.807) is 4.90 Å². The summed E-state index contributed by atoms with van der Waals surface area (Å²) in [6, 6.07) is 11.9. The van der Waals surface area contributed by atoms with Gasteiger partial charge in [-0.1, -0.05) is 12.1 Å². The minimum Gasteiger partial charge on any atom is -0.492 e. The lowest BCUT2D eigenvalue weighted by Gasteiger charge is -2.34. The van der Waals surface area contributed by atoms with E-state index in [2.05, 4.69) is 5.32 Å². The first-order valence-electron chi connectivity index (χ1n) is 10.4. The number of rotatable bonds is 7. The maximum atomic E-state index is 12.7. The van der Waals surface area contributed by atoms with E-state index in [9.17, 15) is 22.8 Å². The summed E-state index contributed by atoms with van der Waals surface area (Å²) < 4.78 is 43.6. The Morgan fingerprint density at radius 2 is 1.72 bits per heavy atom. The highest BCUT2D eigenvalue weighted by atomic mass is 19.4. The van der Waals surface area contributed by atoms with Crippen molar-refractivity contribution >= 4 is 11.8 Å². The van der Waals surface area contributed by atoms with Gasteiger partial charge in [0.15, 0.2) is 0 Å². The third-order valence-corrected chi connectivity index (χ3v) is 5.17. The Balaban J connectivity index is 1.36. The van der Waals surface area contributed by atoms with Gasteiger partial charge in [0, 0.05) is 31.7 Å². The van der Waals surface area contributed by atoms with Crippen molar-refractivity contribution in [1.29, 1.82) is 0 Å². The van der Waals surface area contributed by atoms with Crippen LogP contribution in [-0.2, 0) is 11.0 Å². The molecule has 1 aliphatic rings. The van der Waals surface area contributed by atoms with Crippen LogP contribution in [0, 0.1) is 6.92 Å². The molecule has 32 heavy (non-hydrogen) atoms. The number of benzene rings is 2. The molecule has 0 unspecified atom stereocenters. The summed E-state index contributed by atoms with van der Waals surface area (Å²) in [6.07, 6.45) is -4.43. The molecule has 1 aliphatic heterocycles. The number of carbonyl (C=O) groups is 2. The Labute approximate surface area is 184 Å². The summed E-state index contributed by atoms with van der Waals surface area (Å²) in [6.45, 7) is 4.79. The highest BCUT2D eigenvalue weighted by Crippen LogP contribution is 2.29. The molecule has 9 heteroatoms. The van der Waals surface area contributed by atoms with Crippen LogP contribution in [0.15, 0.2) is 48.5 Å². The molecule has 1 heterocycles. The number of carbonyl (C=O) groups excluding carboxylic acids is 2. The van der Waals surface area contributed by atoms with Crippen LogP contribution in [0.4, 0.5) is 13.2 Å². The molecule has 2 aromatic carbocycles. The first-order chi connectivity index (χ1) is 15.2. The highest BCUT2D eigenvalue weighted by Gasteiger charge is 2.30. The van der Waals surface area contributed by atoms with E-state index in [0.29, 0.717) is 39.3 Å². The first-order valence-corrected chi connectivity index (χ1v) is 10.4. The van der Waals surface area contributed by atoms with Crippen molar-refractivity contribution in [1.82, 2.24) is 15.1 Å². The monoisotopic (exact) mass is 449 g/mol. The Hall–Kier alpha value is -3.07. The Morgan fingerprint density at radius 1 is 1.03 bits per heavy atom. The average Bonchev–Trinajstić information content (AvgIpc) is 2.76. The lowest BCUT2D eigenvalue weighted by molar-refractivity contribution is -0.137. The molecular formula is C23H26F3N3O3. The third-order valence-electron chi connectivity index (χ3n) is 5.17. The van der Waals surface area contributed by atoms with E-state index >= 15 is 0 Å². The minimum atomic E-state index is -4.43. The predicted molar refractivity (Wildman–Crippen MR) is 113 cm³/mol. The quantitative estimate of drug-likeness (QED) is 0.661. The van der Waals surface area contributed by atoms with E-state index < -0.39 is 11.7 Å². The molecule has 0 spiro atoms. The van der Waals surface area contributed by atoms with Crippen molar-refractivity contribution in [3.8, 4) is 5.75 Å². The van der Waals surface area contributed by atoms with Crippen molar-refractivity contribution < 1.29 is 27.5 Å². The zero-order valence-corrected chi connectivity index (χ0v) is 17.8. The maximum Gasteiger partial charge on any atom is 0.416 e. The van der Waals surface area contributed by atoms with Gasteiger partial charge in [0.2, 0.25) is 5.91 Å². The van der Waals surface area contributed by atoms with Crippen LogP contribution in [0.2, 0.25) is 0 Å². The number of hydrogen-bond donors (Lipinski definition) is 1. The molecule has 3 rings (SSSR count). The number of ether oxygens (including phenoxy) is 1. The van der Waals surface area contributed by atoms with Crippen molar-refractivity contribution in [2.24, 2.45) is 0 Å². The number of hydrogen-bond acceptors (Lipinski definition) is 4. The van der Waals surface area contributed by atoms with Crippen molar-refractivity contribution in [3.63, 3.8) is 0 Å². The second kappa shape index (κ2) is 10.5. The van der Waals surface area contributed by atoms with E-state index in [0.717, 1.165) is 23.4 Å². The molecule has 0 atom stereocenters. The highest BCUT2D eigenvalue weighted by molar-refractivity contribution is 5.94. The molecule has 0 aromatic heterocycles. The fraction of sp³-hybridized carbons (Fsp3) is 0.391. The van der Waals surface area contributed by atoms with Gasteiger partial charge in [0.25, 0.3) is 5.91 Å². The van der Waals surface area contributed by atoms with Gasteiger partial charge >= 0.3 is 6.18 Å². The summed E-state index contributed by atoms with van der Waals surface area (Å²) in [4.78, 5) is 28.2. The van der Waals surface area contributed by atoms with Gasteiger partial charge < -0.3 is 15.0 Å². The van der Waals surface area contributed by atoms with Gasteiger partial charge in [-0.3, -0.25) is 14.5 Å². The number of aryl methyl sites for hydroxylation is 1. The van der Waals surface area contributed by atoms with Crippen molar-refractivity contribution in [2.45, 2.75) is 13.1 Å². The van der Waals surface area contributed by atoms with Crippen molar-refractivity contribution in [2.75, 3.05) is 45.9 Å². The Kier molecular flexibility index (Phi) is 7.74. The average molecular weight is 449 g/mol. The number of nitrogens with one attached hydrogen (secondary N) is 1. The topological polar surface area (TPSA) is 61.9 Å². The van der Waals surface area contributed by atoms with E-state index in [-0.39, 0.29) is 23.9 Å². The first kappa shape index (κ1) is 23.6. The van der Waals surface area contributed by atoms with Gasteiger partial charge in [-0.15, -0.1) is 0 Å². The molecular weight excluding hydrogens is 423 g/mol. The largest absolute Gasteiger partial charge is 0.492 e. The standard InChI is InChI=1S/C23H26F3N3O3/c1-17-3-2-4-20(15-17)32-14-9-27-21(30)16-28-10-12-29(13-11-28)22(31)18-5-7-19(8-6-18)23(24,25)26/h2-8,15H,9-14,16H2,1H3,(H,27,30). The van der Waals surface area contributed by atoms with Crippen molar-refractivity contribution in [3.05, 3.63) is 65.2 Å². The molecule has 2 aromatic rings. The molecule has 0 radical (unpaired) electrons. The SMILES string of the molecule is Cc1cccc(OCCNC(=O)CN2CCN(C(=O)c3ccc(C(F)(F)F)cc3)CC2)c1. The number of halogens is 3. The molecule has 0 aliphatic carbocycles. The Bertz CT molecular complexity index is 924. The zero-order chi connectivity index (χ0) is 23.1. The summed E-state index contributed by atoms with van der Waals surface area (Å²) in [5, 5.41) is 2.81. The molecule has 0 bridgehead atoms. The minimum absolute atomic E-state index is 0.125. The molecule has 1 fully saturated rings. The van der Waals surface area contributed by atoms with Crippen LogP contribution in [0.1, 0.15) is 21.5 Å². The van der Waals surface area contributed by atoms with E-state index in [1.165, 1.54) is 12.1 Å². The summed E-state index contributed by atoms with van der Waals surface area (Å²) >= 11 is 0. The fourth-order valence-corrected chi connectivity index (χ4v) is 3.42. The predicted octanol–water partition coefficient (Wildman–Crippen LogP) is 2.97. The molecule has 1 saturated heterocycles. The van der Waals surface area contributed by atoms with E-state index in [4.69, 9.17) is 4.74 Å². The van der Waals surface area contributed by atoms with Crippen LogP contribution < -0.4 is 10.1 Å². The number of nitrogens with zero attached hydrogens (tertiary/aromatic N) is 2. The lowest BCUT2D eigenvalue weighted by atomic mass is 10.1. The number of amides is 2. The van der Waals surface area contributed by atoms with E-state index in [1.807, 2.05) is 36.1 Å². The van der Waals surface area contributed by atoms with Gasteiger partial charge in [0.05, 0.1) is 18.7 Å².